The molecule has 1 saturated heterocycles. The fourth-order valence-corrected chi connectivity index (χ4v) is 4.27. The number of rotatable bonds is 4. The molecule has 1 fully saturated rings. The van der Waals surface area contributed by atoms with E-state index in [9.17, 15) is 9.59 Å². The average Bonchev–Trinajstić information content (AvgIpc) is 3.25. The van der Waals surface area contributed by atoms with E-state index in [1.54, 1.807) is 36.3 Å². The highest BCUT2D eigenvalue weighted by molar-refractivity contribution is 6.00. The van der Waals surface area contributed by atoms with Crippen LogP contribution < -0.4 is 15.4 Å². The van der Waals surface area contributed by atoms with Crippen LogP contribution in [-0.4, -0.2) is 36.5 Å². The first-order valence-electron chi connectivity index (χ1n) is 10.3. The lowest BCUT2D eigenvalue weighted by atomic mass is 9.90. The number of fused-ring (bicyclic) bond motifs is 1. The van der Waals surface area contributed by atoms with E-state index < -0.39 is 6.04 Å². The molecule has 6 heteroatoms. The molecule has 29 heavy (non-hydrogen) atoms. The molecule has 0 unspecified atom stereocenters. The number of carbonyl (C=O) groups is 2. The van der Waals surface area contributed by atoms with Crippen molar-refractivity contribution in [2.75, 3.05) is 24.3 Å². The Morgan fingerprint density at radius 1 is 1.00 bits per heavy atom. The van der Waals surface area contributed by atoms with Crippen LogP contribution in [-0.2, 0) is 17.6 Å². The first-order valence-corrected chi connectivity index (χ1v) is 10.3. The maximum absolute atomic E-state index is 13.0. The van der Waals surface area contributed by atoms with Crippen LogP contribution in [0.2, 0.25) is 0 Å². The standard InChI is InChI=1S/C23H27N3O3/c1-29-18-13-11-17(12-14-18)24-23(28)26-15-5-10-21(26)22(27)25-20-9-4-7-16-6-2-3-8-19(16)20/h4,7,9,11-14,21H,2-3,5-6,8,10,15H2,1H3,(H,24,28)(H,25,27)/t21-/m1/s1. The van der Waals surface area contributed by atoms with Crippen molar-refractivity contribution in [1.82, 2.24) is 4.90 Å². The van der Waals surface area contributed by atoms with Gasteiger partial charge in [0.2, 0.25) is 5.91 Å². The van der Waals surface area contributed by atoms with Crippen LogP contribution in [0.25, 0.3) is 0 Å². The topological polar surface area (TPSA) is 70.7 Å². The first kappa shape index (κ1) is 19.3. The highest BCUT2D eigenvalue weighted by atomic mass is 16.5. The van der Waals surface area contributed by atoms with Crippen molar-refractivity contribution in [3.63, 3.8) is 0 Å². The van der Waals surface area contributed by atoms with Gasteiger partial charge in [0.25, 0.3) is 0 Å². The summed E-state index contributed by atoms with van der Waals surface area (Å²) in [5.74, 6) is 0.624. The lowest BCUT2D eigenvalue weighted by molar-refractivity contribution is -0.119. The summed E-state index contributed by atoms with van der Waals surface area (Å²) in [6.07, 6.45) is 5.92. The van der Waals surface area contributed by atoms with E-state index in [1.165, 1.54) is 17.5 Å². The van der Waals surface area contributed by atoms with Crippen molar-refractivity contribution in [2.24, 2.45) is 0 Å². The van der Waals surface area contributed by atoms with Gasteiger partial charge in [-0.05, 0) is 80.0 Å². The molecule has 152 valence electrons. The van der Waals surface area contributed by atoms with Crippen molar-refractivity contribution >= 4 is 23.3 Å². The van der Waals surface area contributed by atoms with Crippen molar-refractivity contribution < 1.29 is 14.3 Å². The summed E-state index contributed by atoms with van der Waals surface area (Å²) in [6.45, 7) is 0.576. The number of nitrogens with one attached hydrogen (secondary N) is 2. The number of nitrogens with zero attached hydrogens (tertiary/aromatic N) is 1. The van der Waals surface area contributed by atoms with E-state index in [0.29, 0.717) is 18.7 Å². The number of aryl methyl sites for hydroxylation is 1. The quantitative estimate of drug-likeness (QED) is 0.817. The summed E-state index contributed by atoms with van der Waals surface area (Å²) in [5, 5.41) is 5.98. The van der Waals surface area contributed by atoms with E-state index in [2.05, 4.69) is 16.7 Å². The predicted octanol–water partition coefficient (Wildman–Crippen LogP) is 4.21. The lowest BCUT2D eigenvalue weighted by Crippen LogP contribution is -2.45. The van der Waals surface area contributed by atoms with E-state index >= 15 is 0 Å². The minimum Gasteiger partial charge on any atom is -0.497 e. The third-order valence-corrected chi connectivity index (χ3v) is 5.81. The van der Waals surface area contributed by atoms with Crippen LogP contribution >= 0.6 is 0 Å². The largest absolute Gasteiger partial charge is 0.497 e. The van der Waals surface area contributed by atoms with Gasteiger partial charge >= 0.3 is 6.03 Å². The van der Waals surface area contributed by atoms with E-state index in [4.69, 9.17) is 4.74 Å². The summed E-state index contributed by atoms with van der Waals surface area (Å²) in [4.78, 5) is 27.4. The average molecular weight is 393 g/mol. The molecule has 1 aliphatic carbocycles. The summed E-state index contributed by atoms with van der Waals surface area (Å²) in [7, 11) is 1.60. The summed E-state index contributed by atoms with van der Waals surface area (Å²) < 4.78 is 5.14. The van der Waals surface area contributed by atoms with Gasteiger partial charge in [0.15, 0.2) is 0 Å². The van der Waals surface area contributed by atoms with Gasteiger partial charge in [-0.25, -0.2) is 4.79 Å². The SMILES string of the molecule is COc1ccc(NC(=O)N2CCC[C@@H]2C(=O)Nc2cccc3c2CCCC3)cc1. The van der Waals surface area contributed by atoms with Crippen LogP contribution in [0.3, 0.4) is 0 Å². The Bertz CT molecular complexity index is 895. The molecule has 4 rings (SSSR count). The number of anilines is 2. The summed E-state index contributed by atoms with van der Waals surface area (Å²) in [5.41, 5.74) is 4.16. The Labute approximate surface area is 171 Å². The molecular formula is C23H27N3O3. The van der Waals surface area contributed by atoms with Gasteiger partial charge in [-0.2, -0.15) is 0 Å². The second-order valence-corrected chi connectivity index (χ2v) is 7.65. The molecule has 6 nitrogen and oxygen atoms in total. The second kappa shape index (κ2) is 8.55. The van der Waals surface area contributed by atoms with Gasteiger partial charge < -0.3 is 20.3 Å². The molecule has 0 saturated carbocycles. The van der Waals surface area contributed by atoms with Gasteiger partial charge in [-0.3, -0.25) is 4.79 Å². The predicted molar refractivity (Wildman–Crippen MR) is 113 cm³/mol. The number of carbonyl (C=O) groups excluding carboxylic acids is 2. The molecule has 0 spiro atoms. The van der Waals surface area contributed by atoms with E-state index in [-0.39, 0.29) is 11.9 Å². The Morgan fingerprint density at radius 2 is 1.79 bits per heavy atom. The molecular weight excluding hydrogens is 366 g/mol. The molecule has 1 atom stereocenters. The number of urea groups is 1. The van der Waals surface area contributed by atoms with Crippen molar-refractivity contribution in [3.8, 4) is 5.75 Å². The lowest BCUT2D eigenvalue weighted by Gasteiger charge is -2.25. The molecule has 2 aromatic carbocycles. The minimum absolute atomic E-state index is 0.105. The monoisotopic (exact) mass is 393 g/mol. The highest BCUT2D eigenvalue weighted by Gasteiger charge is 2.34. The summed E-state index contributed by atoms with van der Waals surface area (Å²) in [6, 6.07) is 12.6. The number of methoxy groups -OCH3 is 1. The van der Waals surface area contributed by atoms with Crippen molar-refractivity contribution in [2.45, 2.75) is 44.6 Å². The zero-order valence-corrected chi connectivity index (χ0v) is 16.7. The van der Waals surface area contributed by atoms with Gasteiger partial charge in [-0.15, -0.1) is 0 Å². The fraction of sp³-hybridized carbons (Fsp3) is 0.391. The first-order chi connectivity index (χ1) is 14.2. The van der Waals surface area contributed by atoms with E-state index in [1.807, 2.05) is 12.1 Å². The zero-order valence-electron chi connectivity index (χ0n) is 16.7. The van der Waals surface area contributed by atoms with Crippen LogP contribution in [0.1, 0.15) is 36.8 Å². The molecule has 2 N–H and O–H groups in total. The minimum atomic E-state index is -0.451. The molecule has 0 aromatic heterocycles. The Balaban J connectivity index is 1.43. The molecule has 0 radical (unpaired) electrons. The van der Waals surface area contributed by atoms with Crippen LogP contribution in [0, 0.1) is 0 Å². The zero-order chi connectivity index (χ0) is 20.2. The maximum atomic E-state index is 13.0. The smallest absolute Gasteiger partial charge is 0.322 e. The Morgan fingerprint density at radius 3 is 2.59 bits per heavy atom. The number of benzene rings is 2. The molecule has 2 aliphatic rings. The molecule has 3 amide bonds. The molecule has 2 aromatic rings. The Hall–Kier alpha value is -3.02. The Kier molecular flexibility index (Phi) is 5.69. The molecule has 1 aliphatic heterocycles. The number of hydrogen-bond donors (Lipinski definition) is 2. The van der Waals surface area contributed by atoms with Gasteiger partial charge in [0.05, 0.1) is 7.11 Å². The second-order valence-electron chi connectivity index (χ2n) is 7.65. The van der Waals surface area contributed by atoms with Gasteiger partial charge in [0.1, 0.15) is 11.8 Å². The van der Waals surface area contributed by atoms with E-state index in [0.717, 1.165) is 37.1 Å². The molecule has 1 heterocycles. The third kappa shape index (κ3) is 4.21. The fourth-order valence-electron chi connectivity index (χ4n) is 4.27. The molecule has 0 bridgehead atoms. The van der Waals surface area contributed by atoms with Crippen molar-refractivity contribution in [1.29, 1.82) is 0 Å². The van der Waals surface area contributed by atoms with Crippen LogP contribution in [0.5, 0.6) is 5.75 Å². The number of likely N-dealkylation sites (tertiary alicyclic amines) is 1. The van der Waals surface area contributed by atoms with Crippen molar-refractivity contribution in [3.05, 3.63) is 53.6 Å². The van der Waals surface area contributed by atoms with Crippen LogP contribution in [0.15, 0.2) is 42.5 Å². The van der Waals surface area contributed by atoms with Crippen LogP contribution in [0.4, 0.5) is 16.2 Å². The number of ether oxygens (including phenoxy) is 1. The van der Waals surface area contributed by atoms with Gasteiger partial charge in [0, 0.05) is 17.9 Å². The maximum Gasteiger partial charge on any atom is 0.322 e. The van der Waals surface area contributed by atoms with Gasteiger partial charge in [-0.1, -0.05) is 12.1 Å². The highest BCUT2D eigenvalue weighted by Crippen LogP contribution is 2.29. The summed E-state index contributed by atoms with van der Waals surface area (Å²) >= 11 is 0. The third-order valence-electron chi connectivity index (χ3n) is 5.81. The number of amides is 3. The normalized spacial score (nSPS) is 18.1. The number of hydrogen-bond acceptors (Lipinski definition) is 3.